The van der Waals surface area contributed by atoms with Gasteiger partial charge in [0.2, 0.25) is 6.29 Å². The van der Waals surface area contributed by atoms with Crippen molar-refractivity contribution in [3.63, 3.8) is 0 Å². The van der Waals surface area contributed by atoms with Crippen LogP contribution in [0.3, 0.4) is 0 Å². The molecule has 0 unspecified atom stereocenters. The van der Waals surface area contributed by atoms with Crippen molar-refractivity contribution in [3.05, 3.63) is 47.7 Å². The van der Waals surface area contributed by atoms with Gasteiger partial charge in [0.05, 0.1) is 12.9 Å². The third-order valence-electron chi connectivity index (χ3n) is 7.05. The van der Waals surface area contributed by atoms with Gasteiger partial charge in [-0.3, -0.25) is 0 Å². The Hall–Kier alpha value is -2.51. The highest BCUT2D eigenvalue weighted by Gasteiger charge is 2.54. The second-order valence-electron chi connectivity index (χ2n) is 9.38. The minimum Gasteiger partial charge on any atom is -0.508 e. The Kier molecular flexibility index (Phi) is 8.30. The van der Waals surface area contributed by atoms with Crippen LogP contribution in [-0.2, 0) is 23.7 Å². The zero-order valence-corrected chi connectivity index (χ0v) is 19.7. The van der Waals surface area contributed by atoms with Gasteiger partial charge in [-0.25, -0.2) is 4.79 Å². The van der Waals surface area contributed by atoms with Gasteiger partial charge in [0.15, 0.2) is 6.29 Å². The largest absolute Gasteiger partial charge is 0.508 e. The van der Waals surface area contributed by atoms with Crippen molar-refractivity contribution in [3.8, 4) is 5.75 Å². The summed E-state index contributed by atoms with van der Waals surface area (Å²) >= 11 is 0. The molecule has 2 heterocycles. The van der Waals surface area contributed by atoms with Crippen molar-refractivity contribution in [1.29, 1.82) is 0 Å². The van der Waals surface area contributed by atoms with Crippen molar-refractivity contribution in [2.45, 2.75) is 56.4 Å². The summed E-state index contributed by atoms with van der Waals surface area (Å²) in [5, 5.41) is 59.3. The van der Waals surface area contributed by atoms with Crippen LogP contribution in [0.15, 0.2) is 42.2 Å². The standard InChI is InChI=1S/C25H32O11/c1-12-11-33-24(36-25-23(32)22(31)21(30)17(10-27)35-25)20-14(9-26)8-16(19(12)20)34-18(29)7-4-13-2-5-15(28)6-3-13/h2-7,11,14,16-17,19-28,30-32H,8-10H2,1H3/t14-,16-,17+,19+,20-,21-,22-,23-,24-,25+/m1/s1. The second kappa shape index (κ2) is 11.3. The molecule has 36 heavy (non-hydrogen) atoms. The van der Waals surface area contributed by atoms with E-state index >= 15 is 0 Å². The molecular weight excluding hydrogens is 476 g/mol. The molecule has 0 bridgehead atoms. The molecule has 1 aromatic carbocycles. The molecule has 0 spiro atoms. The fourth-order valence-electron chi connectivity index (χ4n) is 5.17. The number of hydrogen-bond donors (Lipinski definition) is 6. The van der Waals surface area contributed by atoms with Crippen LogP contribution in [0.5, 0.6) is 5.75 Å². The Morgan fingerprint density at radius 1 is 1.06 bits per heavy atom. The number of phenols is 1. The molecule has 1 saturated heterocycles. The highest BCUT2D eigenvalue weighted by atomic mass is 16.8. The first kappa shape index (κ1) is 26.6. The number of carbonyl (C=O) groups is 1. The van der Waals surface area contributed by atoms with E-state index in [-0.39, 0.29) is 24.2 Å². The lowest BCUT2D eigenvalue weighted by Crippen LogP contribution is -2.60. The van der Waals surface area contributed by atoms with Crippen LogP contribution in [0.4, 0.5) is 0 Å². The van der Waals surface area contributed by atoms with Crippen molar-refractivity contribution < 1.29 is 54.4 Å². The summed E-state index contributed by atoms with van der Waals surface area (Å²) in [6, 6.07) is 6.31. The topological polar surface area (TPSA) is 175 Å². The van der Waals surface area contributed by atoms with Crippen LogP contribution in [0.25, 0.3) is 6.08 Å². The first-order chi connectivity index (χ1) is 17.2. The van der Waals surface area contributed by atoms with E-state index in [9.17, 15) is 35.4 Å². The Bertz CT molecular complexity index is 959. The van der Waals surface area contributed by atoms with E-state index in [4.69, 9.17) is 18.9 Å². The van der Waals surface area contributed by atoms with Gasteiger partial charge in [-0.2, -0.15) is 0 Å². The Labute approximate surface area is 207 Å². The molecule has 198 valence electrons. The molecular formula is C25H32O11. The zero-order valence-electron chi connectivity index (χ0n) is 19.7. The lowest BCUT2D eigenvalue weighted by molar-refractivity contribution is -0.343. The molecule has 3 aliphatic rings. The molecule has 1 aliphatic carbocycles. The van der Waals surface area contributed by atoms with Crippen LogP contribution in [-0.4, -0.2) is 92.9 Å². The minimum atomic E-state index is -1.61. The summed E-state index contributed by atoms with van der Waals surface area (Å²) in [7, 11) is 0. The van der Waals surface area contributed by atoms with E-state index in [0.29, 0.717) is 12.0 Å². The summed E-state index contributed by atoms with van der Waals surface area (Å²) in [6.45, 7) is 0.981. The Balaban J connectivity index is 1.47. The maximum absolute atomic E-state index is 12.6. The highest BCUT2D eigenvalue weighted by Crippen LogP contribution is 2.48. The van der Waals surface area contributed by atoms with E-state index in [1.54, 1.807) is 18.2 Å². The molecule has 2 aliphatic heterocycles. The number of aromatic hydroxyl groups is 1. The molecule has 11 nitrogen and oxygen atoms in total. The summed E-state index contributed by atoms with van der Waals surface area (Å²) in [6.07, 6.45) is -4.24. The van der Waals surface area contributed by atoms with Gasteiger partial charge in [-0.05, 0) is 48.6 Å². The summed E-state index contributed by atoms with van der Waals surface area (Å²) in [5.74, 6) is -1.64. The number of phenolic OH excluding ortho intramolecular Hbond substituents is 1. The number of esters is 1. The number of hydrogen-bond acceptors (Lipinski definition) is 11. The van der Waals surface area contributed by atoms with Gasteiger partial charge in [0.1, 0.15) is 36.3 Å². The summed E-state index contributed by atoms with van der Waals surface area (Å²) < 4.78 is 22.7. The molecule has 10 atom stereocenters. The number of aliphatic hydroxyl groups excluding tert-OH is 5. The number of rotatable bonds is 7. The van der Waals surface area contributed by atoms with E-state index in [2.05, 4.69) is 0 Å². The first-order valence-corrected chi connectivity index (χ1v) is 11.8. The van der Waals surface area contributed by atoms with E-state index in [1.807, 2.05) is 6.92 Å². The smallest absolute Gasteiger partial charge is 0.331 e. The Morgan fingerprint density at radius 2 is 1.78 bits per heavy atom. The fourth-order valence-corrected chi connectivity index (χ4v) is 5.17. The molecule has 0 radical (unpaired) electrons. The van der Waals surface area contributed by atoms with Crippen LogP contribution in [0.1, 0.15) is 18.9 Å². The predicted octanol–water partition coefficient (Wildman–Crippen LogP) is -0.362. The van der Waals surface area contributed by atoms with Gasteiger partial charge in [-0.1, -0.05) is 12.1 Å². The van der Waals surface area contributed by atoms with Gasteiger partial charge in [0.25, 0.3) is 0 Å². The predicted molar refractivity (Wildman–Crippen MR) is 123 cm³/mol. The fraction of sp³-hybridized carbons (Fsp3) is 0.560. The molecule has 11 heteroatoms. The molecule has 0 amide bonds. The van der Waals surface area contributed by atoms with Gasteiger partial charge < -0.3 is 49.6 Å². The van der Waals surface area contributed by atoms with Crippen molar-refractivity contribution in [2.24, 2.45) is 17.8 Å². The highest BCUT2D eigenvalue weighted by molar-refractivity contribution is 5.87. The number of ether oxygens (including phenoxy) is 4. The van der Waals surface area contributed by atoms with Gasteiger partial charge in [0, 0.05) is 24.5 Å². The summed E-state index contributed by atoms with van der Waals surface area (Å²) in [5.41, 5.74) is 1.49. The number of benzene rings is 1. The SMILES string of the molecule is CC1=CO[C@H](O[C@@H]2O[C@@H](CO)[C@@H](O)[C@@H](O)[C@H]2O)[C@@H]2[C@@H](CO)C[C@@H](OC(=O)C=Cc3ccc(O)cc3)[C@H]12. The lowest BCUT2D eigenvalue weighted by atomic mass is 9.83. The Morgan fingerprint density at radius 3 is 2.44 bits per heavy atom. The monoisotopic (exact) mass is 508 g/mol. The number of fused-ring (bicyclic) bond motifs is 1. The van der Waals surface area contributed by atoms with Crippen LogP contribution < -0.4 is 0 Å². The second-order valence-corrected chi connectivity index (χ2v) is 9.38. The van der Waals surface area contributed by atoms with E-state index < -0.39 is 61.6 Å². The normalized spacial score (nSPS) is 38.3. The third kappa shape index (κ3) is 5.42. The molecule has 6 N–H and O–H groups in total. The van der Waals surface area contributed by atoms with Crippen LogP contribution in [0.2, 0.25) is 0 Å². The van der Waals surface area contributed by atoms with Gasteiger partial charge >= 0.3 is 5.97 Å². The third-order valence-corrected chi connectivity index (χ3v) is 7.05. The maximum Gasteiger partial charge on any atom is 0.331 e. The van der Waals surface area contributed by atoms with Crippen LogP contribution in [0, 0.1) is 17.8 Å². The molecule has 4 rings (SSSR count). The number of aliphatic hydroxyl groups is 5. The number of carbonyl (C=O) groups excluding carboxylic acids is 1. The first-order valence-electron chi connectivity index (χ1n) is 11.8. The van der Waals surface area contributed by atoms with Crippen molar-refractivity contribution >= 4 is 12.0 Å². The average Bonchev–Trinajstić information content (AvgIpc) is 3.24. The lowest BCUT2D eigenvalue weighted by Gasteiger charge is -2.43. The molecule has 1 saturated carbocycles. The van der Waals surface area contributed by atoms with Gasteiger partial charge in [-0.15, -0.1) is 0 Å². The van der Waals surface area contributed by atoms with Crippen LogP contribution >= 0.6 is 0 Å². The van der Waals surface area contributed by atoms with E-state index in [1.165, 1.54) is 24.5 Å². The van der Waals surface area contributed by atoms with E-state index in [0.717, 1.165) is 5.57 Å². The molecule has 1 aromatic rings. The maximum atomic E-state index is 12.6. The van der Waals surface area contributed by atoms with Crippen molar-refractivity contribution in [2.75, 3.05) is 13.2 Å². The van der Waals surface area contributed by atoms with Crippen molar-refractivity contribution in [1.82, 2.24) is 0 Å². The quantitative estimate of drug-likeness (QED) is 0.209. The zero-order chi connectivity index (χ0) is 26.0. The molecule has 0 aromatic heterocycles. The minimum absolute atomic E-state index is 0.115. The average molecular weight is 509 g/mol. The molecule has 2 fully saturated rings. The summed E-state index contributed by atoms with van der Waals surface area (Å²) in [4.78, 5) is 12.6.